The number of ether oxygens (including phenoxy) is 1. The number of halogens is 2. The van der Waals surface area contributed by atoms with Crippen molar-refractivity contribution >= 4 is 11.9 Å². The van der Waals surface area contributed by atoms with Crippen LogP contribution in [0.2, 0.25) is 0 Å². The number of benzene rings is 1. The Bertz CT molecular complexity index is 465. The maximum Gasteiger partial charge on any atom is 0.387 e. The average molecular weight is 273 g/mol. The summed E-state index contributed by atoms with van der Waals surface area (Å²) in [7, 11) is 0. The average Bonchev–Trinajstić information content (AvgIpc) is 2.30. The molecule has 7 heteroatoms. The van der Waals surface area contributed by atoms with Crippen molar-refractivity contribution in [1.82, 2.24) is 5.32 Å². The number of carboxylic acid groups (broad SMARTS) is 1. The predicted octanol–water partition coefficient (Wildman–Crippen LogP) is 1.42. The molecule has 1 aromatic rings. The van der Waals surface area contributed by atoms with Gasteiger partial charge in [0.2, 0.25) is 5.91 Å². The number of carbonyl (C=O) groups is 2. The van der Waals surface area contributed by atoms with E-state index in [9.17, 15) is 18.4 Å². The molecule has 0 aliphatic rings. The molecule has 104 valence electrons. The van der Waals surface area contributed by atoms with Gasteiger partial charge in [-0.2, -0.15) is 8.78 Å². The van der Waals surface area contributed by atoms with Crippen LogP contribution in [-0.2, 0) is 16.0 Å². The van der Waals surface area contributed by atoms with Crippen LogP contribution in [-0.4, -0.2) is 29.6 Å². The summed E-state index contributed by atoms with van der Waals surface area (Å²) in [5, 5.41) is 10.9. The fourth-order valence-electron chi connectivity index (χ4n) is 1.39. The normalized spacial score (nSPS) is 12.0. The number of carbonyl (C=O) groups excluding carboxylic acids is 1. The molecule has 0 aromatic heterocycles. The molecule has 0 bridgehead atoms. The fraction of sp³-hybridized carbons (Fsp3) is 0.333. The summed E-state index contributed by atoms with van der Waals surface area (Å²) in [6.07, 6.45) is -0.236. The Hall–Kier alpha value is -2.18. The van der Waals surface area contributed by atoms with Crippen molar-refractivity contribution in [2.45, 2.75) is 26.0 Å². The minimum Gasteiger partial charge on any atom is -0.480 e. The summed E-state index contributed by atoms with van der Waals surface area (Å²) < 4.78 is 28.6. The van der Waals surface area contributed by atoms with Gasteiger partial charge < -0.3 is 15.2 Å². The van der Waals surface area contributed by atoms with Gasteiger partial charge in [0.25, 0.3) is 0 Å². The lowest BCUT2D eigenvalue weighted by Crippen LogP contribution is -2.39. The minimum absolute atomic E-state index is 0.101. The van der Waals surface area contributed by atoms with Crippen LogP contribution in [0.1, 0.15) is 12.5 Å². The summed E-state index contributed by atoms with van der Waals surface area (Å²) in [5.74, 6) is -1.86. The molecule has 2 N–H and O–H groups in total. The smallest absolute Gasteiger partial charge is 0.387 e. The van der Waals surface area contributed by atoms with E-state index >= 15 is 0 Å². The topological polar surface area (TPSA) is 75.6 Å². The summed E-state index contributed by atoms with van der Waals surface area (Å²) in [5.41, 5.74) is 0.262. The number of rotatable bonds is 6. The van der Waals surface area contributed by atoms with Crippen LogP contribution in [0.5, 0.6) is 5.75 Å². The van der Waals surface area contributed by atoms with Gasteiger partial charge >= 0.3 is 12.6 Å². The van der Waals surface area contributed by atoms with E-state index in [1.807, 2.05) is 0 Å². The van der Waals surface area contributed by atoms with Gasteiger partial charge in [0.05, 0.1) is 6.42 Å². The van der Waals surface area contributed by atoms with Gasteiger partial charge in [0.15, 0.2) is 0 Å². The highest BCUT2D eigenvalue weighted by Gasteiger charge is 2.16. The van der Waals surface area contributed by atoms with Gasteiger partial charge in [0, 0.05) is 5.56 Å². The zero-order valence-corrected chi connectivity index (χ0v) is 10.1. The standard InChI is InChI=1S/C12H13F2NO4/c1-7(11(17)18)15-10(16)6-8-4-2-3-5-9(8)19-12(13)14/h2-5,7,12H,6H2,1H3,(H,15,16)(H,17,18)/t7-/m0/s1. The SMILES string of the molecule is C[C@H](NC(=O)Cc1ccccc1OC(F)F)C(=O)O. The lowest BCUT2D eigenvalue weighted by Gasteiger charge is -2.12. The quantitative estimate of drug-likeness (QED) is 0.822. The van der Waals surface area contributed by atoms with Gasteiger partial charge in [-0.05, 0) is 13.0 Å². The molecule has 0 unspecified atom stereocenters. The molecule has 5 nitrogen and oxygen atoms in total. The molecule has 0 fully saturated rings. The Labute approximate surface area is 108 Å². The van der Waals surface area contributed by atoms with E-state index in [4.69, 9.17) is 5.11 Å². The molecular weight excluding hydrogens is 260 g/mol. The zero-order valence-electron chi connectivity index (χ0n) is 10.1. The van der Waals surface area contributed by atoms with Crippen LogP contribution in [0.15, 0.2) is 24.3 Å². The number of amides is 1. The van der Waals surface area contributed by atoms with Crippen LogP contribution in [0.3, 0.4) is 0 Å². The van der Waals surface area contributed by atoms with Crippen molar-refractivity contribution in [3.8, 4) is 5.75 Å². The number of aliphatic carboxylic acids is 1. The highest BCUT2D eigenvalue weighted by atomic mass is 19.3. The monoisotopic (exact) mass is 273 g/mol. The van der Waals surface area contributed by atoms with E-state index in [-0.39, 0.29) is 17.7 Å². The molecule has 0 spiro atoms. The van der Waals surface area contributed by atoms with Gasteiger partial charge in [0.1, 0.15) is 11.8 Å². The summed E-state index contributed by atoms with van der Waals surface area (Å²) >= 11 is 0. The van der Waals surface area contributed by atoms with Crippen molar-refractivity contribution in [2.24, 2.45) is 0 Å². The molecule has 0 radical (unpaired) electrons. The lowest BCUT2D eigenvalue weighted by molar-refractivity contribution is -0.141. The number of hydrogen-bond donors (Lipinski definition) is 2. The second-order valence-electron chi connectivity index (χ2n) is 3.79. The molecule has 1 aromatic carbocycles. The summed E-state index contributed by atoms with van der Waals surface area (Å²) in [6.45, 7) is -1.68. The molecule has 0 saturated heterocycles. The first kappa shape index (κ1) is 14.9. The molecule has 19 heavy (non-hydrogen) atoms. The molecule has 1 atom stereocenters. The summed E-state index contributed by atoms with van der Waals surface area (Å²) in [6, 6.07) is 4.80. The predicted molar refractivity (Wildman–Crippen MR) is 62.0 cm³/mol. The largest absolute Gasteiger partial charge is 0.480 e. The van der Waals surface area contributed by atoms with Gasteiger partial charge in [-0.15, -0.1) is 0 Å². The van der Waals surface area contributed by atoms with Crippen LogP contribution in [0, 0.1) is 0 Å². The molecule has 0 heterocycles. The Morgan fingerprint density at radius 3 is 2.58 bits per heavy atom. The first-order valence-electron chi connectivity index (χ1n) is 5.45. The first-order valence-corrected chi connectivity index (χ1v) is 5.45. The van der Waals surface area contributed by atoms with E-state index in [2.05, 4.69) is 10.1 Å². The number of hydrogen-bond acceptors (Lipinski definition) is 3. The van der Waals surface area contributed by atoms with E-state index in [1.54, 1.807) is 6.07 Å². The molecule has 1 rings (SSSR count). The Morgan fingerprint density at radius 2 is 2.00 bits per heavy atom. The first-order chi connectivity index (χ1) is 8.90. The van der Waals surface area contributed by atoms with Crippen molar-refractivity contribution in [1.29, 1.82) is 0 Å². The van der Waals surface area contributed by atoms with E-state index in [0.29, 0.717) is 0 Å². The van der Waals surface area contributed by atoms with Crippen LogP contribution >= 0.6 is 0 Å². The molecule has 1 amide bonds. The second-order valence-corrected chi connectivity index (χ2v) is 3.79. The van der Waals surface area contributed by atoms with Gasteiger partial charge in [-0.3, -0.25) is 9.59 Å². The maximum atomic E-state index is 12.2. The van der Waals surface area contributed by atoms with Crippen LogP contribution in [0.25, 0.3) is 0 Å². The highest BCUT2D eigenvalue weighted by Crippen LogP contribution is 2.20. The molecule has 0 saturated carbocycles. The Kier molecular flexibility index (Phi) is 5.23. The number of carboxylic acids is 1. The fourth-order valence-corrected chi connectivity index (χ4v) is 1.39. The Balaban J connectivity index is 2.71. The zero-order chi connectivity index (χ0) is 14.4. The van der Waals surface area contributed by atoms with Crippen molar-refractivity contribution < 1.29 is 28.2 Å². The third-order valence-electron chi connectivity index (χ3n) is 2.29. The molecular formula is C12H13F2NO4. The van der Waals surface area contributed by atoms with E-state index < -0.39 is 24.5 Å². The van der Waals surface area contributed by atoms with Crippen LogP contribution < -0.4 is 10.1 Å². The van der Waals surface area contributed by atoms with E-state index in [0.717, 1.165) is 0 Å². The van der Waals surface area contributed by atoms with Crippen LogP contribution in [0.4, 0.5) is 8.78 Å². The van der Waals surface area contributed by atoms with Crippen molar-refractivity contribution in [2.75, 3.05) is 0 Å². The van der Waals surface area contributed by atoms with Crippen molar-refractivity contribution in [3.63, 3.8) is 0 Å². The second kappa shape index (κ2) is 6.67. The number of alkyl halides is 2. The lowest BCUT2D eigenvalue weighted by atomic mass is 10.1. The highest BCUT2D eigenvalue weighted by molar-refractivity contribution is 5.84. The van der Waals surface area contributed by atoms with Crippen molar-refractivity contribution in [3.05, 3.63) is 29.8 Å². The Morgan fingerprint density at radius 1 is 1.37 bits per heavy atom. The minimum atomic E-state index is -2.98. The number of para-hydroxylation sites is 1. The third kappa shape index (κ3) is 4.90. The number of nitrogens with one attached hydrogen (secondary N) is 1. The van der Waals surface area contributed by atoms with Gasteiger partial charge in [-0.1, -0.05) is 18.2 Å². The summed E-state index contributed by atoms with van der Waals surface area (Å²) in [4.78, 5) is 22.1. The molecule has 0 aliphatic carbocycles. The van der Waals surface area contributed by atoms with Gasteiger partial charge in [-0.25, -0.2) is 0 Å². The van der Waals surface area contributed by atoms with E-state index in [1.165, 1.54) is 25.1 Å². The molecule has 0 aliphatic heterocycles. The maximum absolute atomic E-state index is 12.2. The third-order valence-corrected chi connectivity index (χ3v) is 2.29.